The number of hydrogen-bond acceptors (Lipinski definition) is 3. The van der Waals surface area contributed by atoms with E-state index >= 15 is 0 Å². The van der Waals surface area contributed by atoms with Crippen LogP contribution >= 0.6 is 0 Å². The van der Waals surface area contributed by atoms with Crippen LogP contribution in [0.3, 0.4) is 0 Å². The van der Waals surface area contributed by atoms with Crippen molar-refractivity contribution in [2.75, 3.05) is 6.54 Å². The van der Waals surface area contributed by atoms with E-state index in [1.165, 1.54) is 15.8 Å². The predicted octanol–water partition coefficient (Wildman–Crippen LogP) is 0.715. The van der Waals surface area contributed by atoms with Crippen molar-refractivity contribution in [2.45, 2.75) is 64.4 Å². The monoisotopic (exact) mass is 302 g/mol. The molecule has 120 valence electrons. The van der Waals surface area contributed by atoms with E-state index in [0.29, 0.717) is 0 Å². The fourth-order valence-corrected chi connectivity index (χ4v) is 4.51. The lowest BCUT2D eigenvalue weighted by Gasteiger charge is -2.38. The highest BCUT2D eigenvalue weighted by Crippen LogP contribution is 2.42. The van der Waals surface area contributed by atoms with Crippen molar-refractivity contribution in [3.63, 3.8) is 0 Å². The minimum atomic E-state index is -1.52. The first-order valence-electron chi connectivity index (χ1n) is 8.36. The predicted molar refractivity (Wildman–Crippen MR) is 87.9 cm³/mol. The molecule has 1 spiro atoms. The van der Waals surface area contributed by atoms with Gasteiger partial charge in [-0.25, -0.2) is 0 Å². The third kappa shape index (κ3) is 1.68. The highest BCUT2D eigenvalue weighted by Gasteiger charge is 2.67. The van der Waals surface area contributed by atoms with Crippen molar-refractivity contribution in [3.8, 4) is 0 Å². The zero-order chi connectivity index (χ0) is 16.0. The van der Waals surface area contributed by atoms with Gasteiger partial charge in [0.05, 0.1) is 12.1 Å². The quantitative estimate of drug-likeness (QED) is 0.693. The van der Waals surface area contributed by atoms with Crippen molar-refractivity contribution in [3.05, 3.63) is 29.8 Å². The van der Waals surface area contributed by atoms with E-state index in [1.807, 2.05) is 0 Å². The summed E-state index contributed by atoms with van der Waals surface area (Å²) in [5, 5.41) is 3.77. The Labute approximate surface area is 133 Å². The molecule has 0 aromatic heterocycles. The van der Waals surface area contributed by atoms with Gasteiger partial charge in [0.15, 0.2) is 0 Å². The molecule has 2 saturated heterocycles. The summed E-state index contributed by atoms with van der Waals surface area (Å²) in [6, 6.07) is 8.62. The molecule has 4 rings (SSSR count). The van der Waals surface area contributed by atoms with Crippen LogP contribution in [0.15, 0.2) is 24.3 Å². The van der Waals surface area contributed by atoms with Gasteiger partial charge in [-0.05, 0) is 47.1 Å². The number of quaternary nitrogens is 1. The molecular formula is C17H27BN2O2. The minimum absolute atomic E-state index is 0.0892. The minimum Gasteiger partial charge on any atom is -0.503 e. The maximum Gasteiger partial charge on any atom is 0.503 e. The zero-order valence-corrected chi connectivity index (χ0v) is 14.5. The maximum atomic E-state index is 6.71. The molecule has 0 aliphatic carbocycles. The lowest BCUT2D eigenvalue weighted by atomic mass is 9.63. The summed E-state index contributed by atoms with van der Waals surface area (Å²) < 4.78 is 13.4. The molecule has 2 atom stereocenters. The third-order valence-corrected chi connectivity index (χ3v) is 6.13. The van der Waals surface area contributed by atoms with Gasteiger partial charge in [0, 0.05) is 11.2 Å². The average molecular weight is 302 g/mol. The summed E-state index contributed by atoms with van der Waals surface area (Å²) in [5.74, 6) is 0. The number of nitrogens with one attached hydrogen (secondary N) is 2. The molecule has 0 radical (unpaired) electrons. The molecule has 3 aliphatic heterocycles. The molecule has 0 saturated carbocycles. The summed E-state index contributed by atoms with van der Waals surface area (Å²) >= 11 is 0. The molecule has 0 amide bonds. The van der Waals surface area contributed by atoms with Gasteiger partial charge < -0.3 is 14.1 Å². The van der Waals surface area contributed by atoms with Crippen LogP contribution in [-0.4, -0.2) is 30.0 Å². The smallest absolute Gasteiger partial charge is 0.503 e. The van der Waals surface area contributed by atoms with E-state index in [2.05, 4.69) is 71.1 Å². The molecule has 1 unspecified atom stereocenters. The van der Waals surface area contributed by atoms with Crippen LogP contribution in [0.25, 0.3) is 0 Å². The van der Waals surface area contributed by atoms with E-state index < -0.39 is 6.69 Å². The molecule has 1 aromatic carbocycles. The standard InChI is InChI=1S/C17H27BN2O2/c1-15(2)11-20-14(19-15)12-9-7-8-10-13(12)18(20)21-16(3,4)17(5,6)22-18/h7-10,14,19-20H,11H2,1-6H3/t14-/m1/s1. The van der Waals surface area contributed by atoms with Crippen molar-refractivity contribution in [1.82, 2.24) is 5.32 Å². The highest BCUT2D eigenvalue weighted by atomic mass is 16.7. The molecule has 22 heavy (non-hydrogen) atoms. The lowest BCUT2D eigenvalue weighted by molar-refractivity contribution is -0.831. The van der Waals surface area contributed by atoms with Gasteiger partial charge in [-0.15, -0.1) is 0 Å². The Balaban J connectivity index is 1.89. The van der Waals surface area contributed by atoms with Gasteiger partial charge >= 0.3 is 6.69 Å². The van der Waals surface area contributed by atoms with E-state index in [-0.39, 0.29) is 22.9 Å². The van der Waals surface area contributed by atoms with Crippen LogP contribution in [0.2, 0.25) is 0 Å². The van der Waals surface area contributed by atoms with E-state index in [0.717, 1.165) is 6.54 Å². The number of fused-ring (bicyclic) bond motifs is 5. The Bertz CT molecular complexity index is 625. The fraction of sp³-hybridized carbons (Fsp3) is 0.647. The Hall–Kier alpha value is -0.875. The lowest BCUT2D eigenvalue weighted by Crippen LogP contribution is -3.22. The van der Waals surface area contributed by atoms with Crippen LogP contribution < -0.4 is 15.6 Å². The number of benzene rings is 1. The van der Waals surface area contributed by atoms with E-state index in [1.54, 1.807) is 0 Å². The summed E-state index contributed by atoms with van der Waals surface area (Å²) in [4.78, 5) is 1.39. The van der Waals surface area contributed by atoms with Crippen molar-refractivity contribution in [2.24, 2.45) is 0 Å². The van der Waals surface area contributed by atoms with Crippen molar-refractivity contribution < 1.29 is 14.1 Å². The normalized spacial score (nSPS) is 35.5. The van der Waals surface area contributed by atoms with Gasteiger partial charge in [0.25, 0.3) is 0 Å². The molecule has 3 heterocycles. The van der Waals surface area contributed by atoms with Crippen LogP contribution in [-0.2, 0) is 9.31 Å². The first kappa shape index (κ1) is 14.7. The topological polar surface area (TPSA) is 34.9 Å². The molecule has 4 nitrogen and oxygen atoms in total. The highest BCUT2D eigenvalue weighted by molar-refractivity contribution is 6.75. The van der Waals surface area contributed by atoms with Gasteiger partial charge in [-0.1, -0.05) is 29.7 Å². The van der Waals surface area contributed by atoms with Crippen LogP contribution in [0, 0.1) is 0 Å². The van der Waals surface area contributed by atoms with Crippen LogP contribution in [0.4, 0.5) is 0 Å². The summed E-state index contributed by atoms with van der Waals surface area (Å²) in [7, 11) is 0. The molecule has 2 N–H and O–H groups in total. The average Bonchev–Trinajstić information content (AvgIpc) is 2.89. The van der Waals surface area contributed by atoms with E-state index in [4.69, 9.17) is 9.31 Å². The first-order chi connectivity index (χ1) is 10.1. The number of hydrogen-bond donors (Lipinski definition) is 2. The second kappa shape index (κ2) is 3.96. The Morgan fingerprint density at radius 2 is 1.64 bits per heavy atom. The molecule has 1 aromatic rings. The summed E-state index contributed by atoms with van der Waals surface area (Å²) in [5.41, 5.74) is 2.04. The van der Waals surface area contributed by atoms with Crippen LogP contribution in [0.5, 0.6) is 0 Å². The van der Waals surface area contributed by atoms with Gasteiger partial charge in [0.2, 0.25) is 0 Å². The van der Waals surface area contributed by atoms with Gasteiger partial charge in [-0.3, -0.25) is 5.32 Å². The fourth-order valence-electron chi connectivity index (χ4n) is 4.51. The second-order valence-corrected chi connectivity index (χ2v) is 8.81. The Morgan fingerprint density at radius 3 is 2.27 bits per heavy atom. The molecule has 0 bridgehead atoms. The van der Waals surface area contributed by atoms with Crippen molar-refractivity contribution >= 4 is 12.1 Å². The summed E-state index contributed by atoms with van der Waals surface area (Å²) in [6.45, 7) is 12.6. The van der Waals surface area contributed by atoms with E-state index in [9.17, 15) is 0 Å². The largest absolute Gasteiger partial charge is 0.503 e. The third-order valence-electron chi connectivity index (χ3n) is 6.13. The molecule has 3 aliphatic rings. The Kier molecular flexibility index (Phi) is 2.64. The van der Waals surface area contributed by atoms with Gasteiger partial charge in [-0.2, -0.15) is 0 Å². The second-order valence-electron chi connectivity index (χ2n) is 8.81. The molecule has 2 fully saturated rings. The van der Waals surface area contributed by atoms with Crippen LogP contribution in [0.1, 0.15) is 53.3 Å². The Morgan fingerprint density at radius 1 is 1.05 bits per heavy atom. The zero-order valence-electron chi connectivity index (χ0n) is 14.5. The first-order valence-corrected chi connectivity index (χ1v) is 8.36. The molecule has 5 heteroatoms. The summed E-state index contributed by atoms with van der Waals surface area (Å²) in [6.07, 6.45) is 0.260. The van der Waals surface area contributed by atoms with Crippen molar-refractivity contribution in [1.29, 1.82) is 0 Å². The maximum absolute atomic E-state index is 6.71. The van der Waals surface area contributed by atoms with Gasteiger partial charge in [0.1, 0.15) is 6.17 Å². The number of rotatable bonds is 0. The molecular weight excluding hydrogens is 275 g/mol. The SMILES string of the molecule is CC1(C)C[NH+]2[C@@H](N1)c1ccccc1[B-]21OC(C)(C)C(C)(C)O1.